The second-order valence-electron chi connectivity index (χ2n) is 3.00. The fourth-order valence-corrected chi connectivity index (χ4v) is 1.83. The predicted molar refractivity (Wildman–Crippen MR) is 63.7 cm³/mol. The molecule has 2 rings (SSSR count). The van der Waals surface area contributed by atoms with Crippen LogP contribution in [0, 0.1) is 5.82 Å². The van der Waals surface area contributed by atoms with Gasteiger partial charge in [0.1, 0.15) is 5.82 Å². The van der Waals surface area contributed by atoms with Crippen molar-refractivity contribution >= 4 is 39.7 Å². The van der Waals surface area contributed by atoms with Crippen molar-refractivity contribution in [2.24, 2.45) is 0 Å². The normalized spacial score (nSPS) is 10.2. The highest BCUT2D eigenvalue weighted by Gasteiger charge is 2.15. The van der Waals surface area contributed by atoms with Crippen LogP contribution in [-0.2, 0) is 0 Å². The molecule has 1 aromatic heterocycles. The molecule has 0 fully saturated rings. The Morgan fingerprint density at radius 2 is 2.24 bits per heavy atom. The lowest BCUT2D eigenvalue weighted by Gasteiger charge is -2.05. The molecule has 0 saturated carbocycles. The summed E-state index contributed by atoms with van der Waals surface area (Å²) < 4.78 is 13.4. The fraction of sp³-hybridized carbons (Fsp3) is 0. The zero-order chi connectivity index (χ0) is 12.4. The lowest BCUT2D eigenvalue weighted by atomic mass is 10.3. The van der Waals surface area contributed by atoms with E-state index in [1.807, 2.05) is 0 Å². The van der Waals surface area contributed by atoms with E-state index >= 15 is 0 Å². The van der Waals surface area contributed by atoms with Crippen LogP contribution in [0.1, 0.15) is 9.80 Å². The largest absolute Gasteiger partial charge is 0.374 e. The highest BCUT2D eigenvalue weighted by Crippen LogP contribution is 2.25. The minimum absolute atomic E-state index is 0.0434. The number of benzene rings is 1. The molecule has 2 aromatic rings. The number of anilines is 2. The summed E-state index contributed by atoms with van der Waals surface area (Å²) in [7, 11) is 0. The van der Waals surface area contributed by atoms with Crippen molar-refractivity contribution in [2.75, 3.05) is 11.1 Å². The van der Waals surface area contributed by atoms with Gasteiger partial charge in [-0.05, 0) is 12.1 Å². The molecule has 5 nitrogen and oxygen atoms in total. The predicted octanol–water partition coefficient (Wildman–Crippen LogP) is 2.17. The summed E-state index contributed by atoms with van der Waals surface area (Å²) >= 11 is 6.66. The van der Waals surface area contributed by atoms with Gasteiger partial charge in [-0.1, -0.05) is 29.0 Å². The average molecular weight is 273 g/mol. The number of nitrogen functional groups attached to an aromatic ring is 1. The van der Waals surface area contributed by atoms with Crippen LogP contribution in [0.5, 0.6) is 0 Å². The van der Waals surface area contributed by atoms with Gasteiger partial charge in [-0.2, -0.15) is 0 Å². The summed E-state index contributed by atoms with van der Waals surface area (Å²) in [6.45, 7) is 0. The maximum Gasteiger partial charge on any atom is 0.286 e. The summed E-state index contributed by atoms with van der Waals surface area (Å²) in [5, 5.41) is 9.65. The van der Waals surface area contributed by atoms with Gasteiger partial charge in [0.2, 0.25) is 10.1 Å². The van der Waals surface area contributed by atoms with Crippen molar-refractivity contribution in [1.82, 2.24) is 10.2 Å². The zero-order valence-electron chi connectivity index (χ0n) is 8.28. The molecule has 3 N–H and O–H groups in total. The van der Waals surface area contributed by atoms with E-state index < -0.39 is 11.7 Å². The van der Waals surface area contributed by atoms with Crippen LogP contribution < -0.4 is 11.1 Å². The number of amides is 1. The summed E-state index contributed by atoms with van der Waals surface area (Å²) in [5.41, 5.74) is 5.24. The van der Waals surface area contributed by atoms with Crippen molar-refractivity contribution in [1.29, 1.82) is 0 Å². The number of halogens is 2. The monoisotopic (exact) mass is 272 g/mol. The standard InChI is InChI=1S/C9H6ClFN4OS/c10-4-2-1-3-5(11)6(4)13-7(16)8-14-15-9(12)17-8/h1-3H,(H2,12,15)(H,13,16). The summed E-state index contributed by atoms with van der Waals surface area (Å²) in [6, 6.07) is 4.10. The van der Waals surface area contributed by atoms with Crippen molar-refractivity contribution in [2.45, 2.75) is 0 Å². The number of rotatable bonds is 2. The van der Waals surface area contributed by atoms with Crippen LogP contribution in [0.4, 0.5) is 15.2 Å². The number of nitrogens with two attached hydrogens (primary N) is 1. The molecule has 88 valence electrons. The second kappa shape index (κ2) is 4.64. The number of carbonyl (C=O) groups is 1. The maximum absolute atomic E-state index is 13.4. The van der Waals surface area contributed by atoms with Gasteiger partial charge in [-0.15, -0.1) is 10.2 Å². The van der Waals surface area contributed by atoms with Crippen LogP contribution in [-0.4, -0.2) is 16.1 Å². The third-order valence-corrected chi connectivity index (χ3v) is 2.90. The summed E-state index contributed by atoms with van der Waals surface area (Å²) in [6.07, 6.45) is 0. The second-order valence-corrected chi connectivity index (χ2v) is 4.41. The molecule has 0 atom stereocenters. The maximum atomic E-state index is 13.4. The van der Waals surface area contributed by atoms with Crippen molar-refractivity contribution in [3.63, 3.8) is 0 Å². The van der Waals surface area contributed by atoms with Crippen molar-refractivity contribution in [3.05, 3.63) is 34.0 Å². The number of nitrogens with zero attached hydrogens (tertiary/aromatic N) is 2. The number of aromatic nitrogens is 2. The number of para-hydroxylation sites is 1. The Hall–Kier alpha value is -1.73. The number of nitrogens with one attached hydrogen (secondary N) is 1. The Labute approximate surface area is 104 Å². The molecule has 0 bridgehead atoms. The first-order valence-corrected chi connectivity index (χ1v) is 5.61. The van der Waals surface area contributed by atoms with Gasteiger partial charge in [0.05, 0.1) is 10.7 Å². The van der Waals surface area contributed by atoms with E-state index in [1.165, 1.54) is 18.2 Å². The Kier molecular flexibility index (Phi) is 3.21. The minimum atomic E-state index is -0.622. The number of carbonyl (C=O) groups excluding carboxylic acids is 1. The molecule has 8 heteroatoms. The fourth-order valence-electron chi connectivity index (χ4n) is 1.11. The molecule has 0 aliphatic rings. The third-order valence-electron chi connectivity index (χ3n) is 1.84. The molecule has 1 aromatic carbocycles. The van der Waals surface area contributed by atoms with E-state index in [0.717, 1.165) is 11.3 Å². The minimum Gasteiger partial charge on any atom is -0.374 e. The smallest absolute Gasteiger partial charge is 0.286 e. The van der Waals surface area contributed by atoms with E-state index in [4.69, 9.17) is 17.3 Å². The third kappa shape index (κ3) is 2.51. The van der Waals surface area contributed by atoms with Crippen LogP contribution in [0.15, 0.2) is 18.2 Å². The molecule has 1 heterocycles. The first-order valence-electron chi connectivity index (χ1n) is 4.42. The highest BCUT2D eigenvalue weighted by molar-refractivity contribution is 7.17. The molecule has 17 heavy (non-hydrogen) atoms. The van der Waals surface area contributed by atoms with E-state index in [0.29, 0.717) is 0 Å². The first-order chi connectivity index (χ1) is 8.08. The number of hydrogen-bond acceptors (Lipinski definition) is 5. The number of hydrogen-bond donors (Lipinski definition) is 2. The molecule has 0 radical (unpaired) electrons. The van der Waals surface area contributed by atoms with E-state index in [2.05, 4.69) is 15.5 Å². The zero-order valence-corrected chi connectivity index (χ0v) is 9.85. The quantitative estimate of drug-likeness (QED) is 0.878. The van der Waals surface area contributed by atoms with Crippen LogP contribution >= 0.6 is 22.9 Å². The Morgan fingerprint density at radius 3 is 2.82 bits per heavy atom. The van der Waals surface area contributed by atoms with E-state index in [1.54, 1.807) is 0 Å². The van der Waals surface area contributed by atoms with Gasteiger partial charge in [0.25, 0.3) is 5.91 Å². The summed E-state index contributed by atoms with van der Waals surface area (Å²) in [5.74, 6) is -1.23. The van der Waals surface area contributed by atoms with Crippen molar-refractivity contribution in [3.8, 4) is 0 Å². The lowest BCUT2D eigenvalue weighted by molar-refractivity contribution is 0.102. The Bertz CT molecular complexity index is 554. The molecule has 0 aliphatic heterocycles. The van der Waals surface area contributed by atoms with Crippen LogP contribution in [0.2, 0.25) is 5.02 Å². The molecule has 0 spiro atoms. The SMILES string of the molecule is Nc1nnc(C(=O)Nc2c(F)cccc2Cl)s1. The average Bonchev–Trinajstić information content (AvgIpc) is 2.70. The van der Waals surface area contributed by atoms with Gasteiger partial charge in [-0.3, -0.25) is 4.79 Å². The Morgan fingerprint density at radius 1 is 1.47 bits per heavy atom. The first kappa shape index (κ1) is 11.7. The molecular weight excluding hydrogens is 267 g/mol. The summed E-state index contributed by atoms with van der Waals surface area (Å²) in [4.78, 5) is 11.6. The lowest BCUT2D eigenvalue weighted by Crippen LogP contribution is -2.13. The van der Waals surface area contributed by atoms with E-state index in [9.17, 15) is 9.18 Å². The van der Waals surface area contributed by atoms with Gasteiger partial charge in [0, 0.05) is 0 Å². The van der Waals surface area contributed by atoms with Gasteiger partial charge < -0.3 is 11.1 Å². The molecule has 0 aliphatic carbocycles. The topological polar surface area (TPSA) is 80.9 Å². The van der Waals surface area contributed by atoms with Crippen LogP contribution in [0.25, 0.3) is 0 Å². The van der Waals surface area contributed by atoms with Gasteiger partial charge in [0.15, 0.2) is 0 Å². The van der Waals surface area contributed by atoms with Gasteiger partial charge in [-0.25, -0.2) is 4.39 Å². The Balaban J connectivity index is 2.24. The molecule has 0 saturated heterocycles. The molecule has 0 unspecified atom stereocenters. The van der Waals surface area contributed by atoms with E-state index in [-0.39, 0.29) is 20.8 Å². The van der Waals surface area contributed by atoms with Crippen molar-refractivity contribution < 1.29 is 9.18 Å². The molecule has 1 amide bonds. The van der Waals surface area contributed by atoms with Crippen LogP contribution in [0.3, 0.4) is 0 Å². The highest BCUT2D eigenvalue weighted by atomic mass is 35.5. The van der Waals surface area contributed by atoms with Gasteiger partial charge >= 0.3 is 0 Å². The molecular formula is C9H6ClFN4OS.